The number of nitrogen functional groups attached to an aromatic ring is 1. The van der Waals surface area contributed by atoms with Crippen LogP contribution in [0, 0.1) is 0 Å². The third-order valence-electron chi connectivity index (χ3n) is 6.58. The van der Waals surface area contributed by atoms with Crippen molar-refractivity contribution < 1.29 is 9.53 Å². The fourth-order valence-corrected chi connectivity index (χ4v) is 4.59. The maximum absolute atomic E-state index is 13.6. The molecule has 4 aromatic rings. The molecule has 0 atom stereocenters. The fraction of sp³-hybridized carbons (Fsp3) is 0.310. The molecule has 41 heavy (non-hydrogen) atoms. The van der Waals surface area contributed by atoms with Crippen LogP contribution in [0.25, 0.3) is 22.9 Å². The van der Waals surface area contributed by atoms with Gasteiger partial charge in [0, 0.05) is 44.5 Å². The van der Waals surface area contributed by atoms with E-state index >= 15 is 0 Å². The number of methoxy groups -OCH3 is 1. The van der Waals surface area contributed by atoms with Crippen LogP contribution in [0.4, 0.5) is 23.0 Å². The molecule has 11 nitrogen and oxygen atoms in total. The quantitative estimate of drug-likeness (QED) is 0.152. The predicted molar refractivity (Wildman–Crippen MR) is 166 cm³/mol. The maximum Gasteiger partial charge on any atom is 0.335 e. The highest BCUT2D eigenvalue weighted by Crippen LogP contribution is 2.36. The zero-order chi connectivity index (χ0) is 29.8. The number of hydrogen-bond donors (Lipinski definition) is 2. The number of nitrogens with zero attached hydrogens (tertiary/aromatic N) is 6. The number of nitrogens with one attached hydrogen (secondary N) is 1. The van der Waals surface area contributed by atoms with Gasteiger partial charge >= 0.3 is 5.69 Å². The van der Waals surface area contributed by atoms with Crippen LogP contribution in [0.5, 0.6) is 5.75 Å². The van der Waals surface area contributed by atoms with E-state index in [0.29, 0.717) is 34.0 Å². The number of ether oxygens (including phenoxy) is 1. The van der Waals surface area contributed by atoms with E-state index in [-0.39, 0.29) is 17.7 Å². The number of benzene rings is 2. The Morgan fingerprint density at radius 1 is 1.15 bits per heavy atom. The summed E-state index contributed by atoms with van der Waals surface area (Å²) in [6, 6.07) is 10.7. The lowest BCUT2D eigenvalue weighted by molar-refractivity contribution is -0.107. The van der Waals surface area contributed by atoms with Crippen molar-refractivity contribution in [3.63, 3.8) is 0 Å². The monoisotopic (exact) mass is 578 g/mol. The normalized spacial score (nSPS) is 11.6. The van der Waals surface area contributed by atoms with Crippen molar-refractivity contribution in [1.82, 2.24) is 24.0 Å². The van der Waals surface area contributed by atoms with Gasteiger partial charge < -0.3 is 25.6 Å². The summed E-state index contributed by atoms with van der Waals surface area (Å²) in [4.78, 5) is 38.0. The summed E-state index contributed by atoms with van der Waals surface area (Å²) in [6.07, 6.45) is 4.46. The van der Waals surface area contributed by atoms with Crippen LogP contribution in [0.1, 0.15) is 25.5 Å². The topological polar surface area (TPSA) is 124 Å². The number of hydrogen-bond acceptors (Lipinski definition) is 9. The lowest BCUT2D eigenvalue weighted by Gasteiger charge is -2.24. The summed E-state index contributed by atoms with van der Waals surface area (Å²) in [6.45, 7) is 5.53. The van der Waals surface area contributed by atoms with Gasteiger partial charge in [0.1, 0.15) is 11.6 Å². The van der Waals surface area contributed by atoms with Gasteiger partial charge in [-0.3, -0.25) is 9.36 Å². The van der Waals surface area contributed by atoms with E-state index < -0.39 is 5.24 Å². The van der Waals surface area contributed by atoms with E-state index in [9.17, 15) is 9.59 Å². The van der Waals surface area contributed by atoms with E-state index in [1.54, 1.807) is 36.1 Å². The number of halogens is 1. The number of fused-ring (bicyclic) bond motifs is 1. The number of aromatic nitrogens is 4. The van der Waals surface area contributed by atoms with Gasteiger partial charge in [-0.2, -0.15) is 4.98 Å². The second kappa shape index (κ2) is 12.4. The maximum atomic E-state index is 13.6. The molecule has 0 amide bonds. The summed E-state index contributed by atoms with van der Waals surface area (Å²) < 4.78 is 8.87. The van der Waals surface area contributed by atoms with Crippen molar-refractivity contribution in [2.45, 2.75) is 19.9 Å². The van der Waals surface area contributed by atoms with Gasteiger partial charge in [0.05, 0.1) is 35.2 Å². The minimum absolute atomic E-state index is 0.124. The molecule has 0 bridgehead atoms. The summed E-state index contributed by atoms with van der Waals surface area (Å²) >= 11 is 5.46. The van der Waals surface area contributed by atoms with Crippen molar-refractivity contribution in [1.29, 1.82) is 0 Å². The lowest BCUT2D eigenvalue weighted by Crippen LogP contribution is -2.29. The molecule has 2 heterocycles. The van der Waals surface area contributed by atoms with Crippen LogP contribution in [-0.2, 0) is 4.79 Å². The van der Waals surface area contributed by atoms with Crippen molar-refractivity contribution in [3.8, 4) is 11.6 Å². The second-order valence-corrected chi connectivity index (χ2v) is 10.5. The first-order valence-electron chi connectivity index (χ1n) is 13.1. The summed E-state index contributed by atoms with van der Waals surface area (Å²) in [7, 11) is 7.61. The Hall–Kier alpha value is -4.35. The molecule has 0 fully saturated rings. The van der Waals surface area contributed by atoms with Crippen LogP contribution < -0.4 is 26.4 Å². The Labute approximate surface area is 243 Å². The number of carbonyl (C=O) groups excluding carboxylic acids is 1. The average Bonchev–Trinajstić information content (AvgIpc) is 3.21. The molecular formula is C29H35ClN8O3. The van der Waals surface area contributed by atoms with E-state index in [4.69, 9.17) is 22.1 Å². The standard InChI is InChI=1S/C29H35ClN8O3/c1-18(2)37-24-15-19(8-10-26(30)39)7-9-22(24)38(29(37)40)27-11-12-32-28(34-27)33-21-16-20(31)23(17-25(21)41-6)36(5)14-13-35(3)4/h7-12,15-18H,13-14,31H2,1-6H3,(H,32,33,34). The zero-order valence-electron chi connectivity index (χ0n) is 24.1. The molecule has 0 unspecified atom stereocenters. The minimum atomic E-state index is -0.575. The molecule has 3 N–H and O–H groups in total. The Bertz CT molecular complexity index is 1660. The molecule has 0 aliphatic carbocycles. The van der Waals surface area contributed by atoms with Crippen molar-refractivity contribution in [3.05, 3.63) is 64.7 Å². The van der Waals surface area contributed by atoms with Gasteiger partial charge in [-0.15, -0.1) is 0 Å². The fourth-order valence-electron chi connectivity index (χ4n) is 4.53. The number of likely N-dealkylation sites (N-methyl/N-ethyl adjacent to an activating group) is 2. The van der Waals surface area contributed by atoms with Crippen LogP contribution in [0.2, 0.25) is 0 Å². The Balaban J connectivity index is 1.73. The second-order valence-electron chi connectivity index (χ2n) is 10.2. The molecule has 2 aromatic carbocycles. The number of anilines is 4. The highest BCUT2D eigenvalue weighted by molar-refractivity contribution is 6.66. The van der Waals surface area contributed by atoms with E-state index in [2.05, 4.69) is 25.1 Å². The third kappa shape index (κ3) is 6.53. The first-order valence-corrected chi connectivity index (χ1v) is 13.5. The number of rotatable bonds is 11. The molecule has 12 heteroatoms. The van der Waals surface area contributed by atoms with Crippen LogP contribution >= 0.6 is 11.6 Å². The first-order chi connectivity index (χ1) is 19.5. The molecule has 216 valence electrons. The smallest absolute Gasteiger partial charge is 0.335 e. The number of carbonyl (C=O) groups is 1. The van der Waals surface area contributed by atoms with Crippen molar-refractivity contribution in [2.75, 3.05) is 57.3 Å². The van der Waals surface area contributed by atoms with Crippen molar-refractivity contribution in [2.24, 2.45) is 0 Å². The Morgan fingerprint density at radius 2 is 1.90 bits per heavy atom. The third-order valence-corrected chi connectivity index (χ3v) is 6.71. The van der Waals surface area contributed by atoms with E-state index in [1.807, 2.05) is 59.3 Å². The predicted octanol–water partition coefficient (Wildman–Crippen LogP) is 4.27. The average molecular weight is 579 g/mol. The van der Waals surface area contributed by atoms with Gasteiger partial charge in [-0.05, 0) is 69.4 Å². The molecule has 0 aliphatic rings. The van der Waals surface area contributed by atoms with E-state index in [1.165, 1.54) is 10.6 Å². The molecule has 2 aromatic heterocycles. The minimum Gasteiger partial charge on any atom is -0.494 e. The molecule has 0 spiro atoms. The summed E-state index contributed by atoms with van der Waals surface area (Å²) in [5.74, 6) is 1.24. The highest BCUT2D eigenvalue weighted by Gasteiger charge is 2.19. The van der Waals surface area contributed by atoms with Crippen LogP contribution in [0.3, 0.4) is 0 Å². The van der Waals surface area contributed by atoms with Crippen LogP contribution in [-0.4, -0.2) is 70.6 Å². The number of nitrogens with two attached hydrogens (primary N) is 1. The summed E-state index contributed by atoms with van der Waals surface area (Å²) in [5.41, 5.74) is 10.3. The molecule has 0 radical (unpaired) electrons. The summed E-state index contributed by atoms with van der Waals surface area (Å²) in [5, 5.41) is 2.62. The van der Waals surface area contributed by atoms with Gasteiger partial charge in [-0.1, -0.05) is 12.1 Å². The highest BCUT2D eigenvalue weighted by atomic mass is 35.5. The van der Waals surface area contributed by atoms with Crippen LogP contribution in [0.15, 0.2) is 53.5 Å². The lowest BCUT2D eigenvalue weighted by atomic mass is 10.2. The molecule has 0 aliphatic heterocycles. The van der Waals surface area contributed by atoms with Gasteiger partial charge in [-0.25, -0.2) is 14.3 Å². The zero-order valence-corrected chi connectivity index (χ0v) is 24.8. The molecule has 0 saturated carbocycles. The van der Waals surface area contributed by atoms with E-state index in [0.717, 1.165) is 24.3 Å². The SMILES string of the molecule is COc1cc(N(C)CCN(C)C)c(N)cc1Nc1nccc(-n2c(=O)n(C(C)C)c3cc(C=CC(=O)Cl)ccc32)n1. The number of allylic oxidation sites excluding steroid dienone is 1. The molecular weight excluding hydrogens is 544 g/mol. The molecule has 4 rings (SSSR count). The Kier molecular flexibility index (Phi) is 8.99. The first kappa shape index (κ1) is 29.6. The number of imidazole rings is 1. The Morgan fingerprint density at radius 3 is 2.56 bits per heavy atom. The van der Waals surface area contributed by atoms with Crippen molar-refractivity contribution >= 4 is 57.0 Å². The molecule has 0 saturated heterocycles. The van der Waals surface area contributed by atoms with Gasteiger partial charge in [0.25, 0.3) is 0 Å². The van der Waals surface area contributed by atoms with Gasteiger partial charge in [0.15, 0.2) is 0 Å². The largest absolute Gasteiger partial charge is 0.494 e. The van der Waals surface area contributed by atoms with Gasteiger partial charge in [0.2, 0.25) is 11.2 Å².